The molecule has 0 aliphatic carbocycles. The van der Waals surface area contributed by atoms with Gasteiger partial charge in [-0.15, -0.1) is 10.2 Å². The number of benzene rings is 2. The van der Waals surface area contributed by atoms with Crippen molar-refractivity contribution in [2.75, 3.05) is 7.05 Å². The van der Waals surface area contributed by atoms with Crippen LogP contribution in [0.2, 0.25) is 0 Å². The number of nitrogens with one attached hydrogen (secondary N) is 1. The predicted molar refractivity (Wildman–Crippen MR) is 87.4 cm³/mol. The Morgan fingerprint density at radius 1 is 0.952 bits per heavy atom. The summed E-state index contributed by atoms with van der Waals surface area (Å²) < 4.78 is 0. The van der Waals surface area contributed by atoms with E-state index >= 15 is 0 Å². The number of rotatable bonds is 4. The summed E-state index contributed by atoms with van der Waals surface area (Å²) in [4.78, 5) is 0. The molecule has 0 amide bonds. The van der Waals surface area contributed by atoms with Crippen LogP contribution in [0.5, 0.6) is 0 Å². The normalized spacial score (nSPS) is 12.3. The Hall–Kier alpha value is -2.04. The van der Waals surface area contributed by atoms with Gasteiger partial charge in [-0.3, -0.25) is 0 Å². The molecule has 106 valence electrons. The van der Waals surface area contributed by atoms with Crippen LogP contribution in [0, 0.1) is 6.92 Å². The maximum atomic E-state index is 4.37. The fourth-order valence-corrected chi connectivity index (χ4v) is 3.23. The highest BCUT2D eigenvalue weighted by atomic mass is 32.1. The largest absolute Gasteiger partial charge is 0.307 e. The lowest BCUT2D eigenvalue weighted by Gasteiger charge is -2.12. The monoisotopic (exact) mass is 295 g/mol. The highest BCUT2D eigenvalue weighted by Gasteiger charge is 2.17. The van der Waals surface area contributed by atoms with Gasteiger partial charge in [0.1, 0.15) is 10.0 Å². The molecule has 2 aromatic carbocycles. The zero-order chi connectivity index (χ0) is 14.7. The minimum absolute atomic E-state index is 0.0860. The first-order valence-electron chi connectivity index (χ1n) is 6.90. The molecule has 0 fully saturated rings. The third-order valence-corrected chi connectivity index (χ3v) is 4.44. The van der Waals surface area contributed by atoms with Gasteiger partial charge in [0.25, 0.3) is 0 Å². The number of aryl methyl sites for hydroxylation is 1. The van der Waals surface area contributed by atoms with Gasteiger partial charge in [-0.05, 0) is 19.5 Å². The van der Waals surface area contributed by atoms with E-state index in [9.17, 15) is 0 Å². The van der Waals surface area contributed by atoms with E-state index in [1.165, 1.54) is 11.1 Å². The summed E-state index contributed by atoms with van der Waals surface area (Å²) in [6, 6.07) is 18.8. The topological polar surface area (TPSA) is 37.8 Å². The smallest absolute Gasteiger partial charge is 0.147 e. The van der Waals surface area contributed by atoms with Crippen molar-refractivity contribution in [2.24, 2.45) is 0 Å². The predicted octanol–water partition coefficient (Wildman–Crippen LogP) is 3.82. The number of nitrogens with zero attached hydrogens (tertiary/aromatic N) is 2. The minimum Gasteiger partial charge on any atom is -0.307 e. The lowest BCUT2D eigenvalue weighted by atomic mass is 10.1. The van der Waals surface area contributed by atoms with Crippen LogP contribution in [-0.2, 0) is 0 Å². The zero-order valence-electron chi connectivity index (χ0n) is 12.1. The summed E-state index contributed by atoms with van der Waals surface area (Å²) in [5, 5.41) is 14.0. The molecule has 0 radical (unpaired) electrons. The highest BCUT2D eigenvalue weighted by molar-refractivity contribution is 7.14. The molecule has 1 aromatic heterocycles. The van der Waals surface area contributed by atoms with Crippen LogP contribution in [0.15, 0.2) is 54.6 Å². The van der Waals surface area contributed by atoms with E-state index in [1.807, 2.05) is 25.2 Å². The maximum Gasteiger partial charge on any atom is 0.147 e. The van der Waals surface area contributed by atoms with Crippen molar-refractivity contribution in [2.45, 2.75) is 13.0 Å². The standard InChI is InChI=1S/C17H17N3S/c1-12-8-10-14(11-9-12)16-19-20-17(21-16)15(18-2)13-6-4-3-5-7-13/h3-11,15,18H,1-2H3. The van der Waals surface area contributed by atoms with Gasteiger partial charge >= 0.3 is 0 Å². The van der Waals surface area contributed by atoms with Gasteiger partial charge in [0.15, 0.2) is 0 Å². The number of hydrogen-bond donors (Lipinski definition) is 1. The fourth-order valence-electron chi connectivity index (χ4n) is 2.24. The third kappa shape index (κ3) is 3.01. The van der Waals surface area contributed by atoms with Gasteiger partial charge in [-0.2, -0.15) is 0 Å². The van der Waals surface area contributed by atoms with E-state index in [-0.39, 0.29) is 6.04 Å². The summed E-state index contributed by atoms with van der Waals surface area (Å²) in [6.07, 6.45) is 0. The minimum atomic E-state index is 0.0860. The van der Waals surface area contributed by atoms with Crippen molar-refractivity contribution in [3.63, 3.8) is 0 Å². The van der Waals surface area contributed by atoms with Gasteiger partial charge < -0.3 is 5.32 Å². The first kappa shape index (κ1) is 13.9. The Morgan fingerprint density at radius 2 is 1.67 bits per heavy atom. The molecule has 21 heavy (non-hydrogen) atoms. The quantitative estimate of drug-likeness (QED) is 0.795. The molecule has 1 atom stereocenters. The summed E-state index contributed by atoms with van der Waals surface area (Å²) in [7, 11) is 1.95. The van der Waals surface area contributed by atoms with Crippen molar-refractivity contribution in [1.29, 1.82) is 0 Å². The van der Waals surface area contributed by atoms with Gasteiger partial charge in [0, 0.05) is 5.56 Å². The van der Waals surface area contributed by atoms with Crippen LogP contribution >= 0.6 is 11.3 Å². The Morgan fingerprint density at radius 3 is 2.33 bits per heavy atom. The van der Waals surface area contributed by atoms with Crippen molar-refractivity contribution >= 4 is 11.3 Å². The van der Waals surface area contributed by atoms with E-state index in [0.29, 0.717) is 0 Å². The molecule has 4 heteroatoms. The molecule has 0 saturated heterocycles. The second-order valence-corrected chi connectivity index (χ2v) is 5.95. The van der Waals surface area contributed by atoms with E-state index < -0.39 is 0 Å². The van der Waals surface area contributed by atoms with Gasteiger partial charge in [0.05, 0.1) is 6.04 Å². The van der Waals surface area contributed by atoms with Gasteiger partial charge in [-0.25, -0.2) is 0 Å². The van der Waals surface area contributed by atoms with Crippen molar-refractivity contribution in [3.8, 4) is 10.6 Å². The molecular formula is C17H17N3S. The van der Waals surface area contributed by atoms with Crippen LogP contribution in [0.1, 0.15) is 22.2 Å². The van der Waals surface area contributed by atoms with Crippen LogP contribution in [0.25, 0.3) is 10.6 Å². The average Bonchev–Trinajstić information content (AvgIpc) is 2.99. The Balaban J connectivity index is 1.92. The molecule has 0 saturated carbocycles. The molecular weight excluding hydrogens is 278 g/mol. The van der Waals surface area contributed by atoms with E-state index in [0.717, 1.165) is 15.6 Å². The molecule has 0 aliphatic rings. The van der Waals surface area contributed by atoms with Crippen LogP contribution in [0.3, 0.4) is 0 Å². The van der Waals surface area contributed by atoms with Crippen molar-refractivity contribution < 1.29 is 0 Å². The molecule has 3 rings (SSSR count). The van der Waals surface area contributed by atoms with Crippen LogP contribution < -0.4 is 5.32 Å². The van der Waals surface area contributed by atoms with Crippen LogP contribution in [-0.4, -0.2) is 17.2 Å². The summed E-state index contributed by atoms with van der Waals surface area (Å²) in [5.74, 6) is 0. The summed E-state index contributed by atoms with van der Waals surface area (Å²) in [5.41, 5.74) is 3.57. The second kappa shape index (κ2) is 6.16. The van der Waals surface area contributed by atoms with Gasteiger partial charge in [0.2, 0.25) is 0 Å². The number of aromatic nitrogens is 2. The summed E-state index contributed by atoms with van der Waals surface area (Å²) in [6.45, 7) is 2.09. The molecule has 3 aromatic rings. The average molecular weight is 295 g/mol. The third-order valence-electron chi connectivity index (χ3n) is 3.41. The van der Waals surface area contributed by atoms with E-state index in [2.05, 4.69) is 58.8 Å². The summed E-state index contributed by atoms with van der Waals surface area (Å²) >= 11 is 1.63. The Labute approximate surface area is 128 Å². The van der Waals surface area contributed by atoms with Crippen molar-refractivity contribution in [1.82, 2.24) is 15.5 Å². The van der Waals surface area contributed by atoms with Crippen molar-refractivity contribution in [3.05, 3.63) is 70.7 Å². The molecule has 0 bridgehead atoms. The zero-order valence-corrected chi connectivity index (χ0v) is 12.9. The lowest BCUT2D eigenvalue weighted by Crippen LogP contribution is -2.17. The van der Waals surface area contributed by atoms with Crippen LogP contribution in [0.4, 0.5) is 0 Å². The molecule has 1 unspecified atom stereocenters. The van der Waals surface area contributed by atoms with E-state index in [1.54, 1.807) is 11.3 Å². The molecule has 0 spiro atoms. The van der Waals surface area contributed by atoms with E-state index in [4.69, 9.17) is 0 Å². The molecule has 1 heterocycles. The number of hydrogen-bond acceptors (Lipinski definition) is 4. The Kier molecular flexibility index (Phi) is 4.08. The molecule has 1 N–H and O–H groups in total. The fraction of sp³-hybridized carbons (Fsp3) is 0.176. The second-order valence-electron chi connectivity index (χ2n) is 4.94. The maximum absolute atomic E-state index is 4.37. The highest BCUT2D eigenvalue weighted by Crippen LogP contribution is 2.29. The molecule has 3 nitrogen and oxygen atoms in total. The first-order valence-corrected chi connectivity index (χ1v) is 7.72. The Bertz CT molecular complexity index is 704. The van der Waals surface area contributed by atoms with Gasteiger partial charge in [-0.1, -0.05) is 71.5 Å². The molecule has 0 aliphatic heterocycles. The lowest BCUT2D eigenvalue weighted by molar-refractivity contribution is 0.678. The SMILES string of the molecule is CNC(c1ccccc1)c1nnc(-c2ccc(C)cc2)s1. The first-order chi connectivity index (χ1) is 10.3.